The number of ether oxygens (including phenoxy) is 1. The number of benzene rings is 1. The summed E-state index contributed by atoms with van der Waals surface area (Å²) in [6, 6.07) is 2.08. The zero-order valence-corrected chi connectivity index (χ0v) is 22.9. The van der Waals surface area contributed by atoms with Gasteiger partial charge in [0.15, 0.2) is 6.10 Å². The number of carbonyl (C=O) groups excluding carboxylic acids is 1. The number of rotatable bonds is 14. The molecule has 1 aromatic rings. The molecule has 5 atom stereocenters. The predicted molar refractivity (Wildman–Crippen MR) is 137 cm³/mol. The van der Waals surface area contributed by atoms with Crippen molar-refractivity contribution in [2.45, 2.75) is 36.9 Å². The van der Waals surface area contributed by atoms with Crippen LogP contribution in [0.1, 0.15) is 16.8 Å². The van der Waals surface area contributed by atoms with E-state index in [1.165, 1.54) is 4.90 Å². The van der Waals surface area contributed by atoms with E-state index in [2.05, 4.69) is 21.2 Å². The highest BCUT2D eigenvalue weighted by atomic mass is 79.9. The van der Waals surface area contributed by atoms with E-state index in [1.807, 2.05) is 0 Å². The topological polar surface area (TPSA) is 258 Å². The van der Waals surface area contributed by atoms with E-state index in [-0.39, 0.29) is 54.9 Å². The number of amides is 1. The summed E-state index contributed by atoms with van der Waals surface area (Å²) in [6.45, 7) is -0.751. The van der Waals surface area contributed by atoms with Crippen LogP contribution in [0.3, 0.4) is 0 Å². The van der Waals surface area contributed by atoms with Gasteiger partial charge >= 0.3 is 5.97 Å². The molecule has 0 bridgehead atoms. The van der Waals surface area contributed by atoms with Gasteiger partial charge in [-0.15, -0.1) is 0 Å². The molecule has 39 heavy (non-hydrogen) atoms. The molecular formula is C20H29BrN4O13S. The number of aliphatic hydroxyl groups excluding tert-OH is 3. The Morgan fingerprint density at radius 1 is 1.21 bits per heavy atom. The van der Waals surface area contributed by atoms with Gasteiger partial charge in [-0.1, -0.05) is 15.9 Å². The lowest BCUT2D eigenvalue weighted by Crippen LogP contribution is -2.60. The number of hydrogen-bond acceptors (Lipinski definition) is 14. The summed E-state index contributed by atoms with van der Waals surface area (Å²) in [4.78, 5) is 36.9. The molecular weight excluding hydrogens is 616 g/mol. The van der Waals surface area contributed by atoms with Gasteiger partial charge in [0.1, 0.15) is 24.0 Å². The van der Waals surface area contributed by atoms with Gasteiger partial charge in [-0.05, 0) is 12.5 Å². The smallest absolute Gasteiger partial charge is 0.335 e. The highest BCUT2D eigenvalue weighted by Crippen LogP contribution is 2.36. The average Bonchev–Trinajstić information content (AvgIpc) is 2.86. The Balaban J connectivity index is 2.32. The Morgan fingerprint density at radius 2 is 1.87 bits per heavy atom. The number of nitro groups is 1. The number of nitrogens with zero attached hydrogens (tertiary/aromatic N) is 2. The van der Waals surface area contributed by atoms with Crippen LogP contribution in [0, 0.1) is 10.1 Å². The van der Waals surface area contributed by atoms with Crippen molar-refractivity contribution >= 4 is 55.0 Å². The summed E-state index contributed by atoms with van der Waals surface area (Å²) in [5.74, 6) is -2.45. The van der Waals surface area contributed by atoms with Crippen molar-refractivity contribution in [3.8, 4) is 0 Å². The fourth-order valence-corrected chi connectivity index (χ4v) is 4.69. The molecule has 0 spiro atoms. The highest BCUT2D eigenvalue weighted by Gasteiger charge is 2.46. The van der Waals surface area contributed by atoms with Gasteiger partial charge in [-0.3, -0.25) is 29.8 Å². The summed E-state index contributed by atoms with van der Waals surface area (Å²) in [5.41, 5.74) is 0.460. The molecule has 0 aromatic heterocycles. The van der Waals surface area contributed by atoms with E-state index in [1.54, 1.807) is 5.48 Å². The minimum atomic E-state index is -3.82. The van der Waals surface area contributed by atoms with Crippen LogP contribution in [0.15, 0.2) is 12.1 Å². The van der Waals surface area contributed by atoms with Crippen molar-refractivity contribution in [3.63, 3.8) is 0 Å². The first-order valence-electron chi connectivity index (χ1n) is 11.3. The Morgan fingerprint density at radius 3 is 2.41 bits per heavy atom. The van der Waals surface area contributed by atoms with Crippen molar-refractivity contribution in [2.75, 3.05) is 48.2 Å². The number of carboxylic acid groups (broad SMARTS) is 1. The van der Waals surface area contributed by atoms with E-state index < -0.39 is 63.1 Å². The summed E-state index contributed by atoms with van der Waals surface area (Å²) in [5, 5.41) is 63.0. The van der Waals surface area contributed by atoms with Crippen LogP contribution in [0.2, 0.25) is 0 Å². The van der Waals surface area contributed by atoms with E-state index in [9.17, 15) is 48.6 Å². The molecule has 1 amide bonds. The number of carboxylic acids is 1. The minimum Gasteiger partial charge on any atom is -0.479 e. The molecule has 2 rings (SSSR count). The van der Waals surface area contributed by atoms with Gasteiger partial charge in [0, 0.05) is 31.0 Å². The van der Waals surface area contributed by atoms with Crippen molar-refractivity contribution in [3.05, 3.63) is 27.8 Å². The number of alkyl halides is 1. The fourth-order valence-electron chi connectivity index (χ4n) is 3.88. The molecule has 17 nitrogen and oxygen atoms in total. The molecule has 1 saturated heterocycles. The van der Waals surface area contributed by atoms with Gasteiger partial charge in [-0.2, -0.15) is 8.42 Å². The van der Waals surface area contributed by atoms with Gasteiger partial charge in [-0.25, -0.2) is 4.79 Å². The van der Waals surface area contributed by atoms with Gasteiger partial charge < -0.3 is 35.4 Å². The van der Waals surface area contributed by atoms with Crippen LogP contribution < -0.4 is 15.7 Å². The molecule has 1 heterocycles. The lowest BCUT2D eigenvalue weighted by Gasteiger charge is -2.39. The van der Waals surface area contributed by atoms with Crippen LogP contribution in [-0.4, -0.2) is 119 Å². The summed E-state index contributed by atoms with van der Waals surface area (Å²) >= 11 is 3.20. The lowest BCUT2D eigenvalue weighted by molar-refractivity contribution is -0.384. The Kier molecular flexibility index (Phi) is 11.8. The monoisotopic (exact) mass is 644 g/mol. The Bertz CT molecular complexity index is 1150. The van der Waals surface area contributed by atoms with Crippen molar-refractivity contribution < 1.29 is 57.5 Å². The van der Waals surface area contributed by atoms with Crippen molar-refractivity contribution in [2.24, 2.45) is 0 Å². The number of hydrogen-bond donors (Lipinski definition) is 7. The first-order valence-corrected chi connectivity index (χ1v) is 14.2. The zero-order chi connectivity index (χ0) is 29.5. The highest BCUT2D eigenvalue weighted by molar-refractivity contribution is 9.09. The molecule has 1 aliphatic heterocycles. The molecule has 0 unspecified atom stereocenters. The van der Waals surface area contributed by atoms with Crippen LogP contribution in [0.5, 0.6) is 0 Å². The van der Waals surface area contributed by atoms with Crippen LogP contribution >= 0.6 is 15.9 Å². The number of halogens is 1. The Labute approximate surface area is 230 Å². The molecule has 7 N–H and O–H groups in total. The largest absolute Gasteiger partial charge is 0.479 e. The van der Waals surface area contributed by atoms with Gasteiger partial charge in [0.25, 0.3) is 21.7 Å². The average molecular weight is 645 g/mol. The quantitative estimate of drug-likeness (QED) is 0.0533. The van der Waals surface area contributed by atoms with Crippen LogP contribution in [0.4, 0.5) is 17.1 Å². The molecule has 220 valence electrons. The fraction of sp³-hybridized carbons (Fsp3) is 0.600. The second kappa shape index (κ2) is 14.1. The number of aliphatic hydroxyl groups is 3. The normalized spacial score (nSPS) is 23.2. The minimum absolute atomic E-state index is 0.0824. The number of carbonyl (C=O) groups is 2. The summed E-state index contributed by atoms with van der Waals surface area (Å²) < 4.78 is 32.6. The maximum atomic E-state index is 13.2. The van der Waals surface area contributed by atoms with E-state index in [4.69, 9.17) is 14.0 Å². The third-order valence-electron chi connectivity index (χ3n) is 5.66. The molecule has 1 fully saturated rings. The zero-order valence-electron chi connectivity index (χ0n) is 20.5. The number of aliphatic carboxylic acids is 1. The van der Waals surface area contributed by atoms with E-state index >= 15 is 0 Å². The standard InChI is InChI=1S/C20H29BrN4O13S/c1-39(35,36)37-7-6-24(5-3-21)14-11(8-10(23-32)9-12(14)25(33)34)19(29)22-4-2-13-15(26)16(27)17(28)18(38-13)20(30)31/h8-9,13,15-18,23,26-28,32H,2-7H2,1H3,(H,22,29)(H,30,31)/t13-,15-,16+,17-,18-/m0/s1. The SMILES string of the molecule is CS(=O)(=O)OCCN(CCBr)c1c(C(=O)NCC[C@@H]2O[C@H](C(=O)O)[C@@H](O)[C@H](O)[C@H]2O)cc(NO)cc1[N+](=O)[O-]. The summed E-state index contributed by atoms with van der Waals surface area (Å²) in [7, 11) is -3.82. The molecule has 1 aromatic carbocycles. The number of nitrogens with one attached hydrogen (secondary N) is 2. The molecule has 0 radical (unpaired) electrons. The van der Waals surface area contributed by atoms with Crippen LogP contribution in [0.25, 0.3) is 0 Å². The first-order chi connectivity index (χ1) is 18.2. The predicted octanol–water partition coefficient (Wildman–Crippen LogP) is -1.37. The van der Waals surface area contributed by atoms with E-state index in [0.29, 0.717) is 0 Å². The summed E-state index contributed by atoms with van der Waals surface area (Å²) in [6.07, 6.45) is -7.88. The van der Waals surface area contributed by atoms with Crippen LogP contribution in [-0.2, 0) is 23.8 Å². The Hall–Kier alpha value is -2.65. The van der Waals surface area contributed by atoms with Crippen molar-refractivity contribution in [1.29, 1.82) is 0 Å². The second-order valence-electron chi connectivity index (χ2n) is 8.41. The second-order valence-corrected chi connectivity index (χ2v) is 10.8. The molecule has 19 heteroatoms. The molecule has 0 saturated carbocycles. The molecule has 1 aliphatic rings. The maximum Gasteiger partial charge on any atom is 0.335 e. The third kappa shape index (κ3) is 8.67. The number of nitro benzene ring substituents is 1. The van der Waals surface area contributed by atoms with Gasteiger partial charge in [0.05, 0.1) is 35.1 Å². The maximum absolute atomic E-state index is 13.2. The first kappa shape index (κ1) is 32.6. The molecule has 0 aliphatic carbocycles. The van der Waals surface area contributed by atoms with E-state index in [0.717, 1.165) is 18.4 Å². The third-order valence-corrected chi connectivity index (χ3v) is 6.61. The van der Waals surface area contributed by atoms with Gasteiger partial charge in [0.2, 0.25) is 0 Å². The lowest BCUT2D eigenvalue weighted by atomic mass is 9.93. The number of anilines is 2. The van der Waals surface area contributed by atoms with Crippen molar-refractivity contribution in [1.82, 2.24) is 5.32 Å².